The number of amides is 1. The van der Waals surface area contributed by atoms with Gasteiger partial charge in [-0.1, -0.05) is 30.7 Å². The van der Waals surface area contributed by atoms with Crippen LogP contribution in [0.1, 0.15) is 62.5 Å². The molecular formula is C26H28ClNO5. The summed E-state index contributed by atoms with van der Waals surface area (Å²) in [5.74, 6) is 0.348. The number of rotatable bonds is 7. The summed E-state index contributed by atoms with van der Waals surface area (Å²) < 4.78 is 11.2. The van der Waals surface area contributed by atoms with Crippen LogP contribution in [0.2, 0.25) is 5.02 Å². The topological polar surface area (TPSA) is 84.9 Å². The Labute approximate surface area is 198 Å². The fourth-order valence-corrected chi connectivity index (χ4v) is 4.82. The smallest absolute Gasteiger partial charge is 0.225 e. The third kappa shape index (κ3) is 4.86. The molecule has 0 radical (unpaired) electrons. The number of ketones is 1. The summed E-state index contributed by atoms with van der Waals surface area (Å²) in [5.41, 5.74) is 3.03. The number of hydrogen-bond donors (Lipinski definition) is 2. The number of phenols is 1. The average Bonchev–Trinajstić information content (AvgIpc) is 2.80. The van der Waals surface area contributed by atoms with E-state index in [0.717, 1.165) is 17.7 Å². The van der Waals surface area contributed by atoms with E-state index in [1.54, 1.807) is 12.1 Å². The maximum Gasteiger partial charge on any atom is 0.225 e. The number of nitrogens with one attached hydrogen (secondary N) is 1. The van der Waals surface area contributed by atoms with Gasteiger partial charge >= 0.3 is 0 Å². The molecule has 2 unspecified atom stereocenters. The Bertz CT molecular complexity index is 1090. The molecule has 174 valence electrons. The minimum Gasteiger partial charge on any atom is -0.503 e. The lowest BCUT2D eigenvalue weighted by atomic mass is 9.73. The fourth-order valence-electron chi connectivity index (χ4n) is 4.60. The molecule has 1 aliphatic heterocycles. The van der Waals surface area contributed by atoms with Gasteiger partial charge in [0.2, 0.25) is 5.91 Å². The van der Waals surface area contributed by atoms with Gasteiger partial charge in [0.1, 0.15) is 5.75 Å². The summed E-state index contributed by atoms with van der Waals surface area (Å²) in [6.45, 7) is 4.89. The zero-order valence-corrected chi connectivity index (χ0v) is 19.6. The molecule has 4 rings (SSSR count). The van der Waals surface area contributed by atoms with Crippen molar-refractivity contribution in [3.8, 4) is 17.2 Å². The maximum atomic E-state index is 13.3. The van der Waals surface area contributed by atoms with Crippen LogP contribution in [0.4, 0.5) is 0 Å². The SMILES string of the molecule is CCCOc1ccc(C2CC(=O)C3=C(C2)NC(=O)CC3c2cc(Cl)c(O)c(OCC)c2)cc1. The van der Waals surface area contributed by atoms with Crippen molar-refractivity contribution in [1.29, 1.82) is 0 Å². The summed E-state index contributed by atoms with van der Waals surface area (Å²) in [4.78, 5) is 25.9. The van der Waals surface area contributed by atoms with Crippen LogP contribution in [-0.4, -0.2) is 30.0 Å². The molecule has 2 aromatic carbocycles. The molecular weight excluding hydrogens is 442 g/mol. The van der Waals surface area contributed by atoms with Gasteiger partial charge in [0.05, 0.1) is 18.2 Å². The molecule has 0 saturated heterocycles. The third-order valence-corrected chi connectivity index (χ3v) is 6.40. The van der Waals surface area contributed by atoms with E-state index in [4.69, 9.17) is 21.1 Å². The molecule has 1 amide bonds. The number of phenolic OH excluding ortho intramolecular Hbond substituents is 1. The zero-order chi connectivity index (χ0) is 23.5. The van der Waals surface area contributed by atoms with Gasteiger partial charge in [-0.3, -0.25) is 9.59 Å². The van der Waals surface area contributed by atoms with E-state index < -0.39 is 5.92 Å². The summed E-state index contributed by atoms with van der Waals surface area (Å²) in [5, 5.41) is 13.3. The van der Waals surface area contributed by atoms with Gasteiger partial charge < -0.3 is 19.9 Å². The second kappa shape index (κ2) is 9.87. The molecule has 2 aliphatic rings. The summed E-state index contributed by atoms with van der Waals surface area (Å²) in [6.07, 6.45) is 2.02. The molecule has 0 aromatic heterocycles. The molecule has 2 N–H and O–H groups in total. The van der Waals surface area contributed by atoms with E-state index in [9.17, 15) is 14.7 Å². The van der Waals surface area contributed by atoms with Crippen molar-refractivity contribution in [3.05, 3.63) is 63.8 Å². The van der Waals surface area contributed by atoms with Gasteiger partial charge in [0.25, 0.3) is 0 Å². The van der Waals surface area contributed by atoms with Crippen molar-refractivity contribution in [2.45, 2.75) is 51.4 Å². The number of aromatic hydroxyl groups is 1. The first kappa shape index (κ1) is 23.2. The van der Waals surface area contributed by atoms with Crippen LogP contribution in [0.5, 0.6) is 17.2 Å². The Morgan fingerprint density at radius 2 is 1.79 bits per heavy atom. The number of benzene rings is 2. The highest BCUT2D eigenvalue weighted by molar-refractivity contribution is 6.32. The lowest BCUT2D eigenvalue weighted by Gasteiger charge is -2.34. The lowest BCUT2D eigenvalue weighted by molar-refractivity contribution is -0.122. The summed E-state index contributed by atoms with van der Waals surface area (Å²) in [7, 11) is 0. The van der Waals surface area contributed by atoms with E-state index in [0.29, 0.717) is 42.9 Å². The quantitative estimate of drug-likeness (QED) is 0.579. The Morgan fingerprint density at radius 3 is 2.48 bits per heavy atom. The monoisotopic (exact) mass is 469 g/mol. The minimum atomic E-state index is -0.427. The van der Waals surface area contributed by atoms with Gasteiger partial charge in [0, 0.05) is 30.0 Å². The number of allylic oxidation sites excluding steroid dienone is 2. The van der Waals surface area contributed by atoms with Gasteiger partial charge in [0.15, 0.2) is 17.3 Å². The van der Waals surface area contributed by atoms with Crippen LogP contribution in [-0.2, 0) is 9.59 Å². The molecule has 6 nitrogen and oxygen atoms in total. The van der Waals surface area contributed by atoms with Gasteiger partial charge in [-0.05, 0) is 61.1 Å². The van der Waals surface area contributed by atoms with E-state index in [-0.39, 0.29) is 40.6 Å². The van der Waals surface area contributed by atoms with Crippen molar-refractivity contribution >= 4 is 23.3 Å². The van der Waals surface area contributed by atoms with Crippen LogP contribution >= 0.6 is 11.6 Å². The molecule has 2 atom stereocenters. The van der Waals surface area contributed by atoms with Crippen LogP contribution < -0.4 is 14.8 Å². The number of halogens is 1. The molecule has 2 aromatic rings. The predicted molar refractivity (Wildman–Crippen MR) is 126 cm³/mol. The Kier molecular flexibility index (Phi) is 6.94. The van der Waals surface area contributed by atoms with Gasteiger partial charge in [-0.15, -0.1) is 0 Å². The molecule has 0 bridgehead atoms. The van der Waals surface area contributed by atoms with E-state index in [1.807, 2.05) is 31.2 Å². The maximum absolute atomic E-state index is 13.3. The minimum absolute atomic E-state index is 0.0136. The number of Topliss-reactive ketones (excluding diaryl/α,β-unsaturated/α-hetero) is 1. The normalized spacial score (nSPS) is 20.3. The van der Waals surface area contributed by atoms with Crippen molar-refractivity contribution in [3.63, 3.8) is 0 Å². The highest BCUT2D eigenvalue weighted by Crippen LogP contribution is 2.45. The highest BCUT2D eigenvalue weighted by atomic mass is 35.5. The molecule has 0 saturated carbocycles. The Balaban J connectivity index is 1.64. The van der Waals surface area contributed by atoms with Crippen molar-refractivity contribution in [2.24, 2.45) is 0 Å². The molecule has 1 heterocycles. The van der Waals surface area contributed by atoms with Crippen LogP contribution in [0, 0.1) is 0 Å². The third-order valence-electron chi connectivity index (χ3n) is 6.11. The first-order valence-corrected chi connectivity index (χ1v) is 11.7. The van der Waals surface area contributed by atoms with Crippen molar-refractivity contribution in [2.75, 3.05) is 13.2 Å². The zero-order valence-electron chi connectivity index (χ0n) is 18.8. The van der Waals surface area contributed by atoms with E-state index in [2.05, 4.69) is 12.2 Å². The van der Waals surface area contributed by atoms with Crippen LogP contribution in [0.25, 0.3) is 0 Å². The van der Waals surface area contributed by atoms with Crippen LogP contribution in [0.3, 0.4) is 0 Å². The van der Waals surface area contributed by atoms with Gasteiger partial charge in [-0.2, -0.15) is 0 Å². The number of carbonyl (C=O) groups excluding carboxylic acids is 2. The second-order valence-electron chi connectivity index (χ2n) is 8.43. The average molecular weight is 470 g/mol. The first-order valence-electron chi connectivity index (χ1n) is 11.3. The molecule has 7 heteroatoms. The fraction of sp³-hybridized carbons (Fsp3) is 0.385. The summed E-state index contributed by atoms with van der Waals surface area (Å²) >= 11 is 6.23. The molecule has 1 aliphatic carbocycles. The largest absolute Gasteiger partial charge is 0.503 e. The lowest BCUT2D eigenvalue weighted by Crippen LogP contribution is -2.38. The Morgan fingerprint density at radius 1 is 1.03 bits per heavy atom. The summed E-state index contributed by atoms with van der Waals surface area (Å²) in [6, 6.07) is 11.1. The number of hydrogen-bond acceptors (Lipinski definition) is 5. The molecule has 0 fully saturated rings. The molecule has 33 heavy (non-hydrogen) atoms. The van der Waals surface area contributed by atoms with Crippen molar-refractivity contribution in [1.82, 2.24) is 5.32 Å². The van der Waals surface area contributed by atoms with E-state index >= 15 is 0 Å². The second-order valence-corrected chi connectivity index (χ2v) is 8.83. The number of carbonyl (C=O) groups is 2. The molecule has 0 spiro atoms. The predicted octanol–water partition coefficient (Wildman–Crippen LogP) is 5.24. The van der Waals surface area contributed by atoms with Crippen LogP contribution in [0.15, 0.2) is 47.7 Å². The number of ether oxygens (including phenoxy) is 2. The van der Waals surface area contributed by atoms with Gasteiger partial charge in [-0.25, -0.2) is 0 Å². The van der Waals surface area contributed by atoms with Crippen molar-refractivity contribution < 1.29 is 24.2 Å². The van der Waals surface area contributed by atoms with E-state index in [1.165, 1.54) is 0 Å². The Hall–Kier alpha value is -2.99. The highest BCUT2D eigenvalue weighted by Gasteiger charge is 2.38. The first-order chi connectivity index (χ1) is 15.9. The standard InChI is InChI=1S/C26H28ClNO5/c1-3-9-33-18-7-5-15(6-8-18)16-11-21-25(22(29)12-16)19(14-24(30)28-21)17-10-20(27)26(31)23(13-17)32-4-2/h5-8,10,13,16,19,31H,3-4,9,11-12,14H2,1-2H3,(H,28,30).